The van der Waals surface area contributed by atoms with Gasteiger partial charge >= 0.3 is 5.97 Å². The number of carboxylic acid groups (broad SMARTS) is 1. The molecule has 1 rings (SSSR count). The Kier molecular flexibility index (Phi) is 3.89. The smallest absolute Gasteiger partial charge is 0.336 e. The molecule has 0 saturated carbocycles. The minimum Gasteiger partial charge on any atom is -0.478 e. The molecule has 3 heteroatoms. The molecule has 0 atom stereocenters. The predicted molar refractivity (Wildman–Crippen MR) is 60.0 cm³/mol. The largest absolute Gasteiger partial charge is 0.478 e. The number of hydrogen-bond acceptors (Lipinski definition) is 1. The maximum absolute atomic E-state index is 11.0. The minimum absolute atomic E-state index is 0.347. The number of carbonyl (C=O) groups is 1. The maximum Gasteiger partial charge on any atom is 0.336 e. The summed E-state index contributed by atoms with van der Waals surface area (Å²) in [7, 11) is 0. The van der Waals surface area contributed by atoms with Crippen molar-refractivity contribution < 1.29 is 9.90 Å². The summed E-state index contributed by atoms with van der Waals surface area (Å²) >= 11 is 3.33. The van der Waals surface area contributed by atoms with Crippen LogP contribution in [-0.4, -0.2) is 11.1 Å². The molecule has 0 bridgehead atoms. The van der Waals surface area contributed by atoms with Crippen LogP contribution in [0.25, 0.3) is 5.57 Å². The molecule has 0 aliphatic rings. The van der Waals surface area contributed by atoms with Gasteiger partial charge in [0, 0.05) is 10.0 Å². The highest BCUT2D eigenvalue weighted by Crippen LogP contribution is 2.24. The van der Waals surface area contributed by atoms with Crippen LogP contribution in [0.3, 0.4) is 0 Å². The first-order valence-corrected chi connectivity index (χ1v) is 5.14. The zero-order valence-corrected chi connectivity index (χ0v) is 9.41. The van der Waals surface area contributed by atoms with E-state index in [-0.39, 0.29) is 0 Å². The van der Waals surface area contributed by atoms with Gasteiger partial charge in [-0.1, -0.05) is 47.1 Å². The molecule has 0 aliphatic heterocycles. The second-order valence-corrected chi connectivity index (χ2v) is 3.67. The van der Waals surface area contributed by atoms with Crippen molar-refractivity contribution in [3.05, 3.63) is 40.4 Å². The van der Waals surface area contributed by atoms with Gasteiger partial charge in [0.2, 0.25) is 0 Å². The van der Waals surface area contributed by atoms with Crippen molar-refractivity contribution >= 4 is 27.5 Å². The van der Waals surface area contributed by atoms with Crippen molar-refractivity contribution in [2.24, 2.45) is 0 Å². The van der Waals surface area contributed by atoms with E-state index >= 15 is 0 Å². The molecule has 0 radical (unpaired) electrons. The molecule has 0 aromatic heterocycles. The SMILES string of the molecule is CC/C=C(/C(=O)O)c1ccccc1Br. The molecule has 0 heterocycles. The number of allylic oxidation sites excluding steroid dienone is 1. The van der Waals surface area contributed by atoms with Crippen molar-refractivity contribution in [2.45, 2.75) is 13.3 Å². The molecule has 0 unspecified atom stereocenters. The number of hydrogen-bond donors (Lipinski definition) is 1. The van der Waals surface area contributed by atoms with Crippen LogP contribution in [0, 0.1) is 0 Å². The minimum atomic E-state index is -0.890. The number of halogens is 1. The number of rotatable bonds is 3. The number of carboxylic acids is 1. The molecule has 14 heavy (non-hydrogen) atoms. The lowest BCUT2D eigenvalue weighted by atomic mass is 10.1. The highest BCUT2D eigenvalue weighted by molar-refractivity contribution is 9.10. The van der Waals surface area contributed by atoms with Crippen LogP contribution in [0.2, 0.25) is 0 Å². The second kappa shape index (κ2) is 4.96. The molecule has 1 aromatic carbocycles. The number of aliphatic carboxylic acids is 1. The first kappa shape index (κ1) is 11.0. The molecule has 0 saturated heterocycles. The quantitative estimate of drug-likeness (QED) is 0.841. The molecular weight excluding hydrogens is 244 g/mol. The fourth-order valence-corrected chi connectivity index (χ4v) is 1.69. The van der Waals surface area contributed by atoms with Gasteiger partial charge in [-0.25, -0.2) is 4.79 Å². The molecule has 1 N–H and O–H groups in total. The van der Waals surface area contributed by atoms with Crippen LogP contribution in [0.1, 0.15) is 18.9 Å². The Morgan fingerprint density at radius 3 is 2.64 bits per heavy atom. The Hall–Kier alpha value is -1.09. The lowest BCUT2D eigenvalue weighted by Crippen LogP contribution is -2.00. The van der Waals surface area contributed by atoms with Gasteiger partial charge in [-0.3, -0.25) is 0 Å². The van der Waals surface area contributed by atoms with Gasteiger partial charge < -0.3 is 5.11 Å². The maximum atomic E-state index is 11.0. The van der Waals surface area contributed by atoms with Gasteiger partial charge in [0.15, 0.2) is 0 Å². The molecule has 2 nitrogen and oxygen atoms in total. The molecule has 0 aliphatic carbocycles. The molecule has 0 fully saturated rings. The summed E-state index contributed by atoms with van der Waals surface area (Å²) in [6, 6.07) is 7.31. The van der Waals surface area contributed by atoms with E-state index in [4.69, 9.17) is 5.11 Å². The highest BCUT2D eigenvalue weighted by Gasteiger charge is 2.11. The molecular formula is C11H11BrO2. The van der Waals surface area contributed by atoms with Crippen LogP contribution >= 0.6 is 15.9 Å². The number of benzene rings is 1. The fourth-order valence-electron chi connectivity index (χ4n) is 1.20. The molecule has 0 spiro atoms. The topological polar surface area (TPSA) is 37.3 Å². The third-order valence-corrected chi connectivity index (χ3v) is 2.49. The van der Waals surface area contributed by atoms with Crippen molar-refractivity contribution in [3.63, 3.8) is 0 Å². The summed E-state index contributed by atoms with van der Waals surface area (Å²) in [4.78, 5) is 11.0. The van der Waals surface area contributed by atoms with E-state index in [1.54, 1.807) is 12.1 Å². The van der Waals surface area contributed by atoms with Crippen molar-refractivity contribution in [3.8, 4) is 0 Å². The Labute approximate surface area is 91.4 Å². The lowest BCUT2D eigenvalue weighted by molar-refractivity contribution is -0.130. The molecule has 74 valence electrons. The van der Waals surface area contributed by atoms with Crippen molar-refractivity contribution in [2.75, 3.05) is 0 Å². The Morgan fingerprint density at radius 2 is 2.14 bits per heavy atom. The molecule has 1 aromatic rings. The van der Waals surface area contributed by atoms with Gasteiger partial charge in [0.05, 0.1) is 5.57 Å². The molecule has 0 amide bonds. The van der Waals surface area contributed by atoms with Crippen LogP contribution < -0.4 is 0 Å². The van der Waals surface area contributed by atoms with Crippen LogP contribution in [0.5, 0.6) is 0 Å². The van der Waals surface area contributed by atoms with E-state index < -0.39 is 5.97 Å². The van der Waals surface area contributed by atoms with Gasteiger partial charge in [0.25, 0.3) is 0 Å². The van der Waals surface area contributed by atoms with Gasteiger partial charge in [-0.05, 0) is 12.5 Å². The normalized spacial score (nSPS) is 11.4. The monoisotopic (exact) mass is 254 g/mol. The average Bonchev–Trinajstić information content (AvgIpc) is 2.15. The zero-order chi connectivity index (χ0) is 10.6. The van der Waals surface area contributed by atoms with Crippen LogP contribution in [0.15, 0.2) is 34.8 Å². The average molecular weight is 255 g/mol. The van der Waals surface area contributed by atoms with Crippen LogP contribution in [-0.2, 0) is 4.79 Å². The van der Waals surface area contributed by atoms with E-state index in [9.17, 15) is 4.79 Å². The van der Waals surface area contributed by atoms with Crippen molar-refractivity contribution in [1.29, 1.82) is 0 Å². The van der Waals surface area contributed by atoms with E-state index in [1.807, 2.05) is 25.1 Å². The van der Waals surface area contributed by atoms with Gasteiger partial charge in [0.1, 0.15) is 0 Å². The van der Waals surface area contributed by atoms with E-state index in [0.29, 0.717) is 12.0 Å². The fraction of sp³-hybridized carbons (Fsp3) is 0.182. The summed E-state index contributed by atoms with van der Waals surface area (Å²) in [6.45, 7) is 1.92. The van der Waals surface area contributed by atoms with E-state index in [1.165, 1.54) is 0 Å². The van der Waals surface area contributed by atoms with Gasteiger partial charge in [-0.2, -0.15) is 0 Å². The Balaban J connectivity index is 3.19. The predicted octanol–water partition coefficient (Wildman–Crippen LogP) is 3.33. The third kappa shape index (κ3) is 2.45. The van der Waals surface area contributed by atoms with Crippen LogP contribution in [0.4, 0.5) is 0 Å². The summed E-state index contributed by atoms with van der Waals surface area (Å²) in [5.41, 5.74) is 1.07. The Morgan fingerprint density at radius 1 is 1.50 bits per heavy atom. The van der Waals surface area contributed by atoms with E-state index in [0.717, 1.165) is 10.0 Å². The summed E-state index contributed by atoms with van der Waals surface area (Å²) in [5, 5.41) is 8.99. The second-order valence-electron chi connectivity index (χ2n) is 2.81. The van der Waals surface area contributed by atoms with E-state index in [2.05, 4.69) is 15.9 Å². The summed E-state index contributed by atoms with van der Waals surface area (Å²) < 4.78 is 0.808. The highest BCUT2D eigenvalue weighted by atomic mass is 79.9. The zero-order valence-electron chi connectivity index (χ0n) is 7.83. The van der Waals surface area contributed by atoms with Gasteiger partial charge in [-0.15, -0.1) is 0 Å². The first-order chi connectivity index (χ1) is 6.66. The summed E-state index contributed by atoms with van der Waals surface area (Å²) in [5.74, 6) is -0.890. The first-order valence-electron chi connectivity index (χ1n) is 4.35. The Bertz CT molecular complexity index is 369. The van der Waals surface area contributed by atoms with Crippen molar-refractivity contribution in [1.82, 2.24) is 0 Å². The third-order valence-electron chi connectivity index (χ3n) is 1.80. The standard InChI is InChI=1S/C11H11BrO2/c1-2-5-9(11(13)14)8-6-3-4-7-10(8)12/h3-7H,2H2,1H3,(H,13,14)/b9-5+. The summed E-state index contributed by atoms with van der Waals surface area (Å²) in [6.07, 6.45) is 2.42. The lowest BCUT2D eigenvalue weighted by Gasteiger charge is -2.04.